The van der Waals surface area contributed by atoms with Gasteiger partial charge in [0.15, 0.2) is 0 Å². The Balaban J connectivity index is 1.83. The molecule has 0 aromatic heterocycles. The van der Waals surface area contributed by atoms with Crippen molar-refractivity contribution < 1.29 is 19.6 Å². The summed E-state index contributed by atoms with van der Waals surface area (Å²) in [6.45, 7) is 35.4. The molecule has 0 heterocycles. The van der Waals surface area contributed by atoms with E-state index in [4.69, 9.17) is 0 Å². The Morgan fingerprint density at radius 2 is 0.565 bits per heavy atom. The maximum absolute atomic E-state index is 11.8. The Hall–Kier alpha value is -3.98. The van der Waals surface area contributed by atoms with Gasteiger partial charge in [0.2, 0.25) is 16.8 Å². The average Bonchev–Trinajstić information content (AvgIpc) is 3.14. The second kappa shape index (κ2) is 15.9. The number of rotatable bonds is 6. The van der Waals surface area contributed by atoms with Gasteiger partial charge in [-0.05, 0) is 122 Å². The molecule has 4 N–H and O–H groups in total. The van der Waals surface area contributed by atoms with E-state index in [2.05, 4.69) is 196 Å². The van der Waals surface area contributed by atoms with Crippen LogP contribution in [0.15, 0.2) is 84.9 Å². The quantitative estimate of drug-likeness (QED) is 0.126. The highest BCUT2D eigenvalue weighted by Crippen LogP contribution is 2.63. The van der Waals surface area contributed by atoms with Gasteiger partial charge in [0.1, 0.15) is 0 Å². The Morgan fingerprint density at radius 1 is 0.290 bits per heavy atom. The van der Waals surface area contributed by atoms with Gasteiger partial charge in [-0.1, -0.05) is 190 Å². The topological polar surface area (TPSA) is 80.9 Å². The maximum atomic E-state index is 11.8. The van der Waals surface area contributed by atoms with E-state index in [1.807, 2.05) is 0 Å². The van der Waals surface area contributed by atoms with Gasteiger partial charge in [-0.15, -0.1) is 0 Å². The van der Waals surface area contributed by atoms with Gasteiger partial charge in [0, 0.05) is 16.7 Å². The first-order valence-electron chi connectivity index (χ1n) is 21.9. The molecule has 7 rings (SSSR count). The van der Waals surface area contributed by atoms with Gasteiger partial charge in [-0.2, -0.15) is 0 Å². The van der Waals surface area contributed by atoms with Crippen molar-refractivity contribution in [1.29, 1.82) is 0 Å². The van der Waals surface area contributed by atoms with Crippen LogP contribution < -0.4 is 10.6 Å². The van der Waals surface area contributed by atoms with Crippen molar-refractivity contribution in [2.45, 2.75) is 132 Å². The summed E-state index contributed by atoms with van der Waals surface area (Å²) in [7, 11) is -5.62. The SMILES string of the molecule is Cc1ccc(-c2ccc3c(c2-c2ccc(C)cc2C(C)(C)C)-c2c(-c4ccc(C)cc4C(C)(C)C)c(-c4ccc(C)cc4C(C)(C)C)c(P(O)O)c(P(O)O)c2-3)c(C(C)(C)C)c1. The number of hydrogen-bond acceptors (Lipinski definition) is 4. The zero-order valence-corrected chi connectivity index (χ0v) is 41.6. The Morgan fingerprint density at radius 3 is 0.919 bits per heavy atom. The molecule has 6 aromatic rings. The number of benzene rings is 6. The molecule has 0 spiro atoms. The number of hydrogen-bond donors (Lipinski definition) is 4. The molecule has 62 heavy (non-hydrogen) atoms. The summed E-state index contributed by atoms with van der Waals surface area (Å²) >= 11 is 0. The molecule has 0 radical (unpaired) electrons. The van der Waals surface area contributed by atoms with Crippen LogP contribution in [0.25, 0.3) is 66.8 Å². The first-order valence-corrected chi connectivity index (χ1v) is 24.4. The van der Waals surface area contributed by atoms with E-state index < -0.39 is 16.8 Å². The van der Waals surface area contributed by atoms with E-state index in [-0.39, 0.29) is 32.3 Å². The van der Waals surface area contributed by atoms with Gasteiger partial charge in [-0.3, -0.25) is 0 Å². The van der Waals surface area contributed by atoms with E-state index in [1.165, 1.54) is 22.3 Å². The summed E-state index contributed by atoms with van der Waals surface area (Å²) in [4.78, 5) is 47.0. The third-order valence-electron chi connectivity index (χ3n) is 12.6. The van der Waals surface area contributed by atoms with Crippen molar-refractivity contribution in [3.63, 3.8) is 0 Å². The molecular formula is C56H66O4P2. The standard InChI is InChI=1S/C56H66O4P2/c1-31-17-21-35(41(27-31)53(5,6)7)36-25-26-40-47(45(36)37-22-18-32(2)28-42(37)54(8,9)10)50-46(38-23-19-33(3)29-43(38)55(11,12)13)48(51(61(57)58)52(49(40)50)62(59)60)39-24-20-34(4)30-44(39)56(14,15)16/h17-30,57-60H,1-16H3. The smallest absolute Gasteiger partial charge is 0.201 e. The molecule has 0 bridgehead atoms. The van der Waals surface area contributed by atoms with Crippen molar-refractivity contribution in [3.8, 4) is 66.8 Å². The molecule has 0 aliphatic heterocycles. The lowest BCUT2D eigenvalue weighted by atomic mass is 9.66. The Bertz CT molecular complexity index is 2760. The molecule has 0 saturated heterocycles. The maximum Gasteiger partial charge on any atom is 0.201 e. The fraction of sp³-hybridized carbons (Fsp3) is 0.357. The van der Waals surface area contributed by atoms with Crippen LogP contribution in [0.1, 0.15) is 128 Å². The second-order valence-corrected chi connectivity index (χ2v) is 23.9. The highest BCUT2D eigenvalue weighted by atomic mass is 31.2. The molecule has 0 saturated carbocycles. The lowest BCUT2D eigenvalue weighted by Gasteiger charge is -2.39. The molecule has 1 aliphatic carbocycles. The molecule has 1 aliphatic rings. The van der Waals surface area contributed by atoms with E-state index >= 15 is 0 Å². The second-order valence-electron chi connectivity index (χ2n) is 21.9. The normalized spacial score (nSPS) is 13.1. The van der Waals surface area contributed by atoms with Crippen LogP contribution >= 0.6 is 16.8 Å². The number of fused-ring (bicyclic) bond motifs is 4. The largest absolute Gasteiger partial charge is 0.347 e. The fourth-order valence-corrected chi connectivity index (χ4v) is 11.7. The number of aryl methyl sites for hydroxylation is 4. The predicted octanol–water partition coefficient (Wildman–Crippen LogP) is 14.3. The van der Waals surface area contributed by atoms with Gasteiger partial charge in [-0.25, -0.2) is 0 Å². The predicted molar refractivity (Wildman–Crippen MR) is 268 cm³/mol. The molecule has 324 valence electrons. The van der Waals surface area contributed by atoms with Crippen LogP contribution in [0.2, 0.25) is 0 Å². The van der Waals surface area contributed by atoms with Crippen LogP contribution in [-0.4, -0.2) is 19.6 Å². The van der Waals surface area contributed by atoms with Crippen molar-refractivity contribution in [2.24, 2.45) is 0 Å². The molecule has 6 heteroatoms. The van der Waals surface area contributed by atoms with Crippen LogP contribution in [0.4, 0.5) is 0 Å². The molecule has 0 amide bonds. The van der Waals surface area contributed by atoms with E-state index in [1.54, 1.807) is 0 Å². The third kappa shape index (κ3) is 8.06. The minimum Gasteiger partial charge on any atom is -0.347 e. The summed E-state index contributed by atoms with van der Waals surface area (Å²) in [6, 6.07) is 31.0. The highest BCUT2D eigenvalue weighted by molar-refractivity contribution is 7.61. The van der Waals surface area contributed by atoms with Gasteiger partial charge >= 0.3 is 0 Å². The minimum atomic E-state index is -2.83. The van der Waals surface area contributed by atoms with Crippen LogP contribution in [0.5, 0.6) is 0 Å². The van der Waals surface area contributed by atoms with Crippen molar-refractivity contribution in [1.82, 2.24) is 0 Å². The summed E-state index contributed by atoms with van der Waals surface area (Å²) < 4.78 is 0. The highest BCUT2D eigenvalue weighted by Gasteiger charge is 2.43. The first kappa shape index (κ1) is 46.0. The minimum absolute atomic E-state index is 0.165. The van der Waals surface area contributed by atoms with Crippen LogP contribution in [0, 0.1) is 27.7 Å². The lowest BCUT2D eigenvalue weighted by Crippen LogP contribution is -2.32. The van der Waals surface area contributed by atoms with Crippen LogP contribution in [0.3, 0.4) is 0 Å². The zero-order valence-electron chi connectivity index (χ0n) is 39.8. The van der Waals surface area contributed by atoms with Crippen molar-refractivity contribution >= 4 is 27.4 Å². The van der Waals surface area contributed by atoms with Gasteiger partial charge < -0.3 is 19.6 Å². The average molecular weight is 865 g/mol. The molecule has 0 unspecified atom stereocenters. The van der Waals surface area contributed by atoms with E-state index in [0.29, 0.717) is 11.1 Å². The van der Waals surface area contributed by atoms with Crippen molar-refractivity contribution in [3.05, 3.63) is 129 Å². The Labute approximate surface area is 374 Å². The molecule has 0 atom stereocenters. The molecule has 6 aromatic carbocycles. The summed E-state index contributed by atoms with van der Waals surface area (Å²) in [5, 5.41) is 0.418. The lowest BCUT2D eigenvalue weighted by molar-refractivity contribution is 0.492. The molecule has 0 fully saturated rings. The summed E-state index contributed by atoms with van der Waals surface area (Å²) in [5.41, 5.74) is 19.7. The van der Waals surface area contributed by atoms with E-state index in [0.717, 1.165) is 77.9 Å². The first-order chi connectivity index (χ1) is 28.6. The van der Waals surface area contributed by atoms with Gasteiger partial charge in [0.25, 0.3) is 0 Å². The summed E-state index contributed by atoms with van der Waals surface area (Å²) in [5.74, 6) is 0. The van der Waals surface area contributed by atoms with Gasteiger partial charge in [0.05, 0.1) is 10.6 Å². The van der Waals surface area contributed by atoms with Crippen molar-refractivity contribution in [2.75, 3.05) is 0 Å². The molecular weight excluding hydrogens is 799 g/mol. The Kier molecular flexibility index (Phi) is 11.8. The van der Waals surface area contributed by atoms with Crippen LogP contribution in [-0.2, 0) is 21.7 Å². The fourth-order valence-electron chi connectivity index (χ4n) is 9.67. The monoisotopic (exact) mass is 864 g/mol. The summed E-state index contributed by atoms with van der Waals surface area (Å²) in [6.07, 6.45) is 0. The van der Waals surface area contributed by atoms with E-state index in [9.17, 15) is 19.6 Å². The third-order valence-corrected chi connectivity index (χ3v) is 14.5. The molecule has 4 nitrogen and oxygen atoms in total. The zero-order chi connectivity index (χ0) is 45.8.